The van der Waals surface area contributed by atoms with Gasteiger partial charge in [0.15, 0.2) is 17.5 Å². The number of amides is 1. The van der Waals surface area contributed by atoms with Crippen LogP contribution in [0.5, 0.6) is 0 Å². The predicted octanol–water partition coefficient (Wildman–Crippen LogP) is 2.09. The van der Waals surface area contributed by atoms with E-state index in [4.69, 9.17) is 5.11 Å². The third kappa shape index (κ3) is 2.92. The molecule has 1 aliphatic rings. The van der Waals surface area contributed by atoms with Crippen LogP contribution in [0.25, 0.3) is 0 Å². The summed E-state index contributed by atoms with van der Waals surface area (Å²) in [7, 11) is 0. The molecular weight excluding hydrogens is 275 g/mol. The molecule has 1 amide bonds. The van der Waals surface area contributed by atoms with E-state index in [-0.39, 0.29) is 18.0 Å². The van der Waals surface area contributed by atoms with Gasteiger partial charge >= 0.3 is 5.97 Å². The first-order chi connectivity index (χ1) is 9.38. The Bertz CT molecular complexity index is 539. The molecule has 4 nitrogen and oxygen atoms in total. The lowest BCUT2D eigenvalue weighted by Crippen LogP contribution is -2.33. The number of rotatable bonds is 3. The summed E-state index contributed by atoms with van der Waals surface area (Å²) in [6.07, 6.45) is 1.19. The van der Waals surface area contributed by atoms with E-state index in [1.807, 2.05) is 0 Å². The Hall–Kier alpha value is -2.05. The number of carboxylic acids is 1. The van der Waals surface area contributed by atoms with Crippen molar-refractivity contribution in [3.8, 4) is 0 Å². The van der Waals surface area contributed by atoms with E-state index in [0.717, 1.165) is 0 Å². The maximum absolute atomic E-state index is 13.0. The fourth-order valence-corrected chi connectivity index (χ4v) is 2.29. The molecule has 7 heteroatoms. The normalized spacial score (nSPS) is 21.8. The van der Waals surface area contributed by atoms with Crippen molar-refractivity contribution in [2.45, 2.75) is 25.3 Å². The molecule has 1 fully saturated rings. The van der Waals surface area contributed by atoms with Crippen LogP contribution in [-0.4, -0.2) is 23.0 Å². The third-order valence-electron chi connectivity index (χ3n) is 3.36. The van der Waals surface area contributed by atoms with Crippen LogP contribution >= 0.6 is 0 Å². The van der Waals surface area contributed by atoms with Crippen LogP contribution in [0.2, 0.25) is 0 Å². The van der Waals surface area contributed by atoms with Crippen molar-refractivity contribution < 1.29 is 27.9 Å². The number of aliphatic carboxylic acids is 1. The van der Waals surface area contributed by atoms with Crippen molar-refractivity contribution in [1.29, 1.82) is 0 Å². The smallest absolute Gasteiger partial charge is 0.306 e. The Morgan fingerprint density at radius 1 is 1.15 bits per heavy atom. The first-order valence-electron chi connectivity index (χ1n) is 6.06. The highest BCUT2D eigenvalue weighted by Crippen LogP contribution is 2.26. The Morgan fingerprint density at radius 2 is 1.75 bits per heavy atom. The predicted molar refractivity (Wildman–Crippen MR) is 62.5 cm³/mol. The van der Waals surface area contributed by atoms with Gasteiger partial charge in [0.05, 0.1) is 5.92 Å². The molecule has 0 heterocycles. The maximum atomic E-state index is 13.0. The lowest BCUT2D eigenvalue weighted by Gasteiger charge is -2.12. The Kier molecular flexibility index (Phi) is 3.96. The number of nitrogens with one attached hydrogen (secondary N) is 1. The van der Waals surface area contributed by atoms with Gasteiger partial charge < -0.3 is 10.4 Å². The lowest BCUT2D eigenvalue weighted by molar-refractivity contribution is -0.141. The highest BCUT2D eigenvalue weighted by atomic mass is 19.2. The molecule has 20 heavy (non-hydrogen) atoms. The largest absolute Gasteiger partial charge is 0.481 e. The third-order valence-corrected chi connectivity index (χ3v) is 3.36. The van der Waals surface area contributed by atoms with Gasteiger partial charge in [0.25, 0.3) is 5.91 Å². The SMILES string of the molecule is O=C(NC1CCC(C(=O)O)C1)c1cc(F)c(F)c(F)c1. The van der Waals surface area contributed by atoms with E-state index in [1.54, 1.807) is 0 Å². The second kappa shape index (κ2) is 5.52. The van der Waals surface area contributed by atoms with Gasteiger partial charge in [-0.25, -0.2) is 13.2 Å². The monoisotopic (exact) mass is 287 g/mol. The van der Waals surface area contributed by atoms with Crippen molar-refractivity contribution in [3.63, 3.8) is 0 Å². The van der Waals surface area contributed by atoms with Gasteiger partial charge in [-0.05, 0) is 31.4 Å². The molecular formula is C13H12F3NO3. The molecule has 0 saturated heterocycles. The minimum absolute atomic E-state index is 0.271. The number of carboxylic acid groups (broad SMARTS) is 1. The summed E-state index contributed by atoms with van der Waals surface area (Å²) in [5.41, 5.74) is -0.333. The van der Waals surface area contributed by atoms with Gasteiger partial charge in [0.1, 0.15) is 0 Å². The Morgan fingerprint density at radius 3 is 2.25 bits per heavy atom. The van der Waals surface area contributed by atoms with E-state index in [9.17, 15) is 22.8 Å². The summed E-state index contributed by atoms with van der Waals surface area (Å²) in [5.74, 6) is -6.72. The molecule has 0 radical (unpaired) electrons. The van der Waals surface area contributed by atoms with Crippen molar-refractivity contribution >= 4 is 11.9 Å². The average Bonchev–Trinajstić information content (AvgIpc) is 2.84. The van der Waals surface area contributed by atoms with Gasteiger partial charge in [-0.3, -0.25) is 9.59 Å². The molecule has 108 valence electrons. The molecule has 2 N–H and O–H groups in total. The van der Waals surface area contributed by atoms with Gasteiger partial charge in [-0.1, -0.05) is 0 Å². The molecule has 0 aliphatic heterocycles. The minimum atomic E-state index is -1.63. The summed E-state index contributed by atoms with van der Waals surface area (Å²) in [6.45, 7) is 0. The molecule has 1 saturated carbocycles. The molecule has 0 bridgehead atoms. The minimum Gasteiger partial charge on any atom is -0.481 e. The molecule has 1 aromatic rings. The zero-order valence-electron chi connectivity index (χ0n) is 10.3. The summed E-state index contributed by atoms with van der Waals surface area (Å²) >= 11 is 0. The maximum Gasteiger partial charge on any atom is 0.306 e. The van der Waals surface area contributed by atoms with Crippen molar-refractivity contribution in [2.24, 2.45) is 5.92 Å². The molecule has 1 aliphatic carbocycles. The van der Waals surface area contributed by atoms with E-state index < -0.39 is 35.2 Å². The number of carbonyl (C=O) groups excluding carboxylic acids is 1. The van der Waals surface area contributed by atoms with Crippen LogP contribution in [0.3, 0.4) is 0 Å². The van der Waals surface area contributed by atoms with Crippen LogP contribution < -0.4 is 5.32 Å². The van der Waals surface area contributed by atoms with Gasteiger partial charge in [-0.15, -0.1) is 0 Å². The number of hydrogen-bond donors (Lipinski definition) is 2. The van der Waals surface area contributed by atoms with Gasteiger partial charge in [0, 0.05) is 11.6 Å². The lowest BCUT2D eigenvalue weighted by atomic mass is 10.1. The number of hydrogen-bond acceptors (Lipinski definition) is 2. The van der Waals surface area contributed by atoms with Gasteiger partial charge in [0.2, 0.25) is 0 Å². The molecule has 1 aromatic carbocycles. The van der Waals surface area contributed by atoms with Crippen molar-refractivity contribution in [1.82, 2.24) is 5.32 Å². The van der Waals surface area contributed by atoms with E-state index in [1.165, 1.54) is 0 Å². The molecule has 2 atom stereocenters. The van der Waals surface area contributed by atoms with E-state index in [0.29, 0.717) is 25.0 Å². The fraction of sp³-hybridized carbons (Fsp3) is 0.385. The second-order valence-corrected chi connectivity index (χ2v) is 4.77. The molecule has 2 rings (SSSR count). The molecule has 2 unspecified atom stereocenters. The second-order valence-electron chi connectivity index (χ2n) is 4.77. The highest BCUT2D eigenvalue weighted by Gasteiger charge is 2.30. The molecule has 0 aromatic heterocycles. The molecule has 0 spiro atoms. The van der Waals surface area contributed by atoms with Crippen LogP contribution in [0, 0.1) is 23.4 Å². The summed E-state index contributed by atoms with van der Waals surface area (Å²) in [5, 5.41) is 11.3. The first kappa shape index (κ1) is 14.4. The zero-order chi connectivity index (χ0) is 14.9. The summed E-state index contributed by atoms with van der Waals surface area (Å²) < 4.78 is 38.8. The van der Waals surface area contributed by atoms with Crippen LogP contribution in [-0.2, 0) is 4.79 Å². The highest BCUT2D eigenvalue weighted by molar-refractivity contribution is 5.94. The van der Waals surface area contributed by atoms with Gasteiger partial charge in [-0.2, -0.15) is 0 Å². The number of benzene rings is 1. The van der Waals surface area contributed by atoms with E-state index >= 15 is 0 Å². The first-order valence-corrected chi connectivity index (χ1v) is 6.06. The Labute approximate surface area is 112 Å². The van der Waals surface area contributed by atoms with Crippen molar-refractivity contribution in [2.75, 3.05) is 0 Å². The summed E-state index contributed by atoms with van der Waals surface area (Å²) in [6, 6.07) is 0.856. The fourth-order valence-electron chi connectivity index (χ4n) is 2.29. The van der Waals surface area contributed by atoms with Crippen LogP contribution in [0.1, 0.15) is 29.6 Å². The Balaban J connectivity index is 2.04. The quantitative estimate of drug-likeness (QED) is 0.836. The zero-order valence-corrected chi connectivity index (χ0v) is 10.3. The summed E-state index contributed by atoms with van der Waals surface area (Å²) in [4.78, 5) is 22.6. The topological polar surface area (TPSA) is 66.4 Å². The van der Waals surface area contributed by atoms with E-state index in [2.05, 4.69) is 5.32 Å². The average molecular weight is 287 g/mol. The van der Waals surface area contributed by atoms with Crippen LogP contribution in [0.4, 0.5) is 13.2 Å². The van der Waals surface area contributed by atoms with Crippen LogP contribution in [0.15, 0.2) is 12.1 Å². The standard InChI is InChI=1S/C13H12F3NO3/c14-9-4-7(5-10(15)11(9)16)12(18)17-8-2-1-6(3-8)13(19)20/h4-6,8H,1-3H2,(H,17,18)(H,19,20). The number of carbonyl (C=O) groups is 2. The van der Waals surface area contributed by atoms with Crippen molar-refractivity contribution in [3.05, 3.63) is 35.1 Å². The number of halogens is 3.